The number of pyridine rings is 1. The number of nitrogens with zero attached hydrogens (tertiary/aromatic N) is 2. The van der Waals surface area contributed by atoms with Gasteiger partial charge in [0.05, 0.1) is 5.56 Å². The van der Waals surface area contributed by atoms with Gasteiger partial charge in [-0.2, -0.15) is 0 Å². The molecule has 0 atom stereocenters. The molecule has 1 aromatic rings. The Kier molecular flexibility index (Phi) is 3.77. The highest BCUT2D eigenvalue weighted by atomic mass is 16.4. The van der Waals surface area contributed by atoms with Crippen LogP contribution in [0.2, 0.25) is 0 Å². The van der Waals surface area contributed by atoms with Crippen LogP contribution in [0.25, 0.3) is 6.08 Å². The monoisotopic (exact) mass is 220 g/mol. The highest BCUT2D eigenvalue weighted by molar-refractivity contribution is 5.94. The van der Waals surface area contributed by atoms with Gasteiger partial charge in [0.2, 0.25) is 0 Å². The third kappa shape index (κ3) is 3.20. The van der Waals surface area contributed by atoms with E-state index in [-0.39, 0.29) is 5.91 Å². The van der Waals surface area contributed by atoms with Crippen LogP contribution in [-0.4, -0.2) is 41.0 Å². The zero-order valence-electron chi connectivity index (χ0n) is 9.04. The number of carboxylic acid groups (broad SMARTS) is 1. The van der Waals surface area contributed by atoms with E-state index in [2.05, 4.69) is 4.98 Å². The zero-order valence-corrected chi connectivity index (χ0v) is 9.04. The topological polar surface area (TPSA) is 70.5 Å². The molecule has 0 unspecified atom stereocenters. The number of carbonyl (C=O) groups is 2. The maximum Gasteiger partial charge on any atom is 0.328 e. The van der Waals surface area contributed by atoms with Gasteiger partial charge in [-0.25, -0.2) is 4.79 Å². The average molecular weight is 220 g/mol. The molecular formula is C11H12N2O3. The van der Waals surface area contributed by atoms with Crippen LogP contribution in [0.15, 0.2) is 24.5 Å². The molecule has 0 bridgehead atoms. The fraction of sp³-hybridized carbons (Fsp3) is 0.182. The third-order valence-corrected chi connectivity index (χ3v) is 1.83. The summed E-state index contributed by atoms with van der Waals surface area (Å²) in [5.41, 5.74) is 1.01. The molecule has 16 heavy (non-hydrogen) atoms. The number of aromatic nitrogens is 1. The summed E-state index contributed by atoms with van der Waals surface area (Å²) in [6, 6.07) is 1.59. The molecular weight excluding hydrogens is 208 g/mol. The second-order valence-electron chi connectivity index (χ2n) is 3.38. The summed E-state index contributed by atoms with van der Waals surface area (Å²) in [5.74, 6) is -1.21. The van der Waals surface area contributed by atoms with Crippen LogP contribution in [0.4, 0.5) is 0 Å². The van der Waals surface area contributed by atoms with Crippen LogP contribution in [0.1, 0.15) is 15.9 Å². The first kappa shape index (κ1) is 11.9. The SMILES string of the molecule is CN(C)C(=O)c1cncc(/C=C/C(=O)O)c1. The summed E-state index contributed by atoms with van der Waals surface area (Å²) in [7, 11) is 3.28. The Morgan fingerprint density at radius 2 is 2.06 bits per heavy atom. The van der Waals surface area contributed by atoms with E-state index >= 15 is 0 Å². The standard InChI is InChI=1S/C11H12N2O3/c1-13(2)11(16)9-5-8(6-12-7-9)3-4-10(14)15/h3-7H,1-2H3,(H,14,15)/b4-3+. The lowest BCUT2D eigenvalue weighted by Crippen LogP contribution is -2.21. The number of rotatable bonds is 3. The molecule has 1 rings (SSSR count). The van der Waals surface area contributed by atoms with Crippen molar-refractivity contribution in [3.8, 4) is 0 Å². The van der Waals surface area contributed by atoms with Gasteiger partial charge in [0.15, 0.2) is 0 Å². The van der Waals surface area contributed by atoms with E-state index in [1.807, 2.05) is 0 Å². The van der Waals surface area contributed by atoms with Crippen molar-refractivity contribution in [2.75, 3.05) is 14.1 Å². The molecule has 1 N–H and O–H groups in total. The molecule has 0 aliphatic heterocycles. The van der Waals surface area contributed by atoms with Gasteiger partial charge in [0.1, 0.15) is 0 Å². The first-order chi connectivity index (χ1) is 7.50. The average Bonchev–Trinajstić information content (AvgIpc) is 2.25. The molecule has 0 saturated heterocycles. The molecule has 0 spiro atoms. The minimum Gasteiger partial charge on any atom is -0.478 e. The van der Waals surface area contributed by atoms with E-state index < -0.39 is 5.97 Å². The van der Waals surface area contributed by atoms with Gasteiger partial charge < -0.3 is 10.0 Å². The van der Waals surface area contributed by atoms with Crippen molar-refractivity contribution in [1.82, 2.24) is 9.88 Å². The predicted molar refractivity (Wildman–Crippen MR) is 58.9 cm³/mol. The van der Waals surface area contributed by atoms with E-state index in [1.54, 1.807) is 20.2 Å². The number of hydrogen-bond acceptors (Lipinski definition) is 3. The normalized spacial score (nSPS) is 10.4. The highest BCUT2D eigenvalue weighted by Crippen LogP contribution is 2.06. The van der Waals surface area contributed by atoms with Gasteiger partial charge in [-0.3, -0.25) is 9.78 Å². The number of aliphatic carboxylic acids is 1. The van der Waals surface area contributed by atoms with Crippen LogP contribution < -0.4 is 0 Å². The number of hydrogen-bond donors (Lipinski definition) is 1. The largest absolute Gasteiger partial charge is 0.478 e. The van der Waals surface area contributed by atoms with Crippen LogP contribution in [0, 0.1) is 0 Å². The molecule has 0 saturated carbocycles. The smallest absolute Gasteiger partial charge is 0.328 e. The van der Waals surface area contributed by atoms with Gasteiger partial charge in [-0.15, -0.1) is 0 Å². The lowest BCUT2D eigenvalue weighted by molar-refractivity contribution is -0.131. The molecule has 1 aromatic heterocycles. The van der Waals surface area contributed by atoms with Crippen molar-refractivity contribution in [2.24, 2.45) is 0 Å². The van der Waals surface area contributed by atoms with Crippen LogP contribution in [-0.2, 0) is 4.79 Å². The van der Waals surface area contributed by atoms with Crippen molar-refractivity contribution in [3.63, 3.8) is 0 Å². The summed E-state index contributed by atoms with van der Waals surface area (Å²) in [6.07, 6.45) is 5.33. The quantitative estimate of drug-likeness (QED) is 0.768. The second-order valence-corrected chi connectivity index (χ2v) is 3.38. The van der Waals surface area contributed by atoms with Crippen LogP contribution in [0.5, 0.6) is 0 Å². The lowest BCUT2D eigenvalue weighted by Gasteiger charge is -2.09. The maximum absolute atomic E-state index is 11.6. The zero-order chi connectivity index (χ0) is 12.1. The van der Waals surface area contributed by atoms with Crippen LogP contribution in [0.3, 0.4) is 0 Å². The molecule has 0 fully saturated rings. The summed E-state index contributed by atoms with van der Waals surface area (Å²) in [6.45, 7) is 0. The van der Waals surface area contributed by atoms with E-state index in [9.17, 15) is 9.59 Å². The van der Waals surface area contributed by atoms with E-state index in [4.69, 9.17) is 5.11 Å². The molecule has 0 radical (unpaired) electrons. The summed E-state index contributed by atoms with van der Waals surface area (Å²) in [5, 5.41) is 8.46. The van der Waals surface area contributed by atoms with Gasteiger partial charge in [-0.1, -0.05) is 0 Å². The predicted octanol–water partition coefficient (Wildman–Crippen LogP) is 0.881. The van der Waals surface area contributed by atoms with Crippen LogP contribution >= 0.6 is 0 Å². The number of carbonyl (C=O) groups excluding carboxylic acids is 1. The van der Waals surface area contributed by atoms with E-state index in [0.717, 1.165) is 6.08 Å². The van der Waals surface area contributed by atoms with Crippen molar-refractivity contribution in [3.05, 3.63) is 35.7 Å². The molecule has 0 aliphatic carbocycles. The molecule has 1 amide bonds. The van der Waals surface area contributed by atoms with E-state index in [0.29, 0.717) is 11.1 Å². The molecule has 84 valence electrons. The molecule has 5 nitrogen and oxygen atoms in total. The van der Waals surface area contributed by atoms with Crippen molar-refractivity contribution < 1.29 is 14.7 Å². The lowest BCUT2D eigenvalue weighted by atomic mass is 10.2. The first-order valence-corrected chi connectivity index (χ1v) is 4.58. The molecule has 1 heterocycles. The van der Waals surface area contributed by atoms with Gasteiger partial charge in [0.25, 0.3) is 5.91 Å². The van der Waals surface area contributed by atoms with Crippen molar-refractivity contribution in [1.29, 1.82) is 0 Å². The third-order valence-electron chi connectivity index (χ3n) is 1.83. The highest BCUT2D eigenvalue weighted by Gasteiger charge is 2.07. The fourth-order valence-electron chi connectivity index (χ4n) is 1.09. The summed E-state index contributed by atoms with van der Waals surface area (Å²) in [4.78, 5) is 27.2. The van der Waals surface area contributed by atoms with Gasteiger partial charge >= 0.3 is 5.97 Å². The van der Waals surface area contributed by atoms with Crippen molar-refractivity contribution in [2.45, 2.75) is 0 Å². The maximum atomic E-state index is 11.6. The van der Waals surface area contributed by atoms with E-state index in [1.165, 1.54) is 23.4 Å². The van der Waals surface area contributed by atoms with Crippen molar-refractivity contribution >= 4 is 18.0 Å². The van der Waals surface area contributed by atoms with Gasteiger partial charge in [0, 0.05) is 32.6 Å². The Balaban J connectivity index is 2.95. The number of amides is 1. The molecule has 0 aromatic carbocycles. The summed E-state index contributed by atoms with van der Waals surface area (Å²) >= 11 is 0. The Hall–Kier alpha value is -2.17. The number of carboxylic acids is 1. The Labute approximate surface area is 93.0 Å². The fourth-order valence-corrected chi connectivity index (χ4v) is 1.09. The summed E-state index contributed by atoms with van der Waals surface area (Å²) < 4.78 is 0. The second kappa shape index (κ2) is 5.06. The Morgan fingerprint density at radius 3 is 2.62 bits per heavy atom. The Morgan fingerprint density at radius 1 is 1.38 bits per heavy atom. The molecule has 5 heteroatoms. The first-order valence-electron chi connectivity index (χ1n) is 4.58. The Bertz CT molecular complexity index is 439. The minimum absolute atomic E-state index is 0.168. The minimum atomic E-state index is -1.04. The van der Waals surface area contributed by atoms with Gasteiger partial charge in [-0.05, 0) is 17.7 Å². The molecule has 0 aliphatic rings.